The van der Waals surface area contributed by atoms with Crippen LogP contribution in [-0.4, -0.2) is 62.5 Å². The van der Waals surface area contributed by atoms with Gasteiger partial charge >= 0.3 is 18.1 Å². The summed E-state index contributed by atoms with van der Waals surface area (Å²) < 4.78 is 19.4. The third-order valence-corrected chi connectivity index (χ3v) is 4.26. The number of fused-ring (bicyclic) bond motifs is 1. The maximum atomic E-state index is 12.9. The smallest absolute Gasteiger partial charge is 0.410 e. The number of rotatable bonds is 6. The topological polar surface area (TPSA) is 104 Å². The van der Waals surface area contributed by atoms with Gasteiger partial charge in [0.1, 0.15) is 23.3 Å². The molecule has 2 aromatic heterocycles. The van der Waals surface area contributed by atoms with Crippen molar-refractivity contribution in [2.24, 2.45) is 0 Å². The summed E-state index contributed by atoms with van der Waals surface area (Å²) in [4.78, 5) is 39.1. The predicted octanol–water partition coefficient (Wildman–Crippen LogP) is 2.85. The SMILES string of the molecule is COc1nn2cc(Br)cc2c(=O)n1CCN(CC(=O)OC(C)(C)C)C(=O)OC(C)(C)C. The number of amides is 1. The number of methoxy groups -OCH3 is 1. The first kappa shape index (κ1) is 24.7. The van der Waals surface area contributed by atoms with E-state index >= 15 is 0 Å². The molecule has 0 aliphatic carbocycles. The number of nitrogens with zero attached hydrogens (tertiary/aromatic N) is 4. The quantitative estimate of drug-likeness (QED) is 0.561. The monoisotopic (exact) mass is 500 g/mol. The average Bonchev–Trinajstić information content (AvgIpc) is 2.97. The van der Waals surface area contributed by atoms with Crippen molar-refractivity contribution in [2.45, 2.75) is 59.3 Å². The fraction of sp³-hybridized carbons (Fsp3) is 0.600. The zero-order valence-corrected chi connectivity index (χ0v) is 20.5. The Labute approximate surface area is 189 Å². The van der Waals surface area contributed by atoms with Crippen molar-refractivity contribution in [2.75, 3.05) is 20.2 Å². The molecule has 0 saturated heterocycles. The molecule has 0 aromatic carbocycles. The van der Waals surface area contributed by atoms with Crippen LogP contribution < -0.4 is 10.3 Å². The molecule has 1 amide bonds. The highest BCUT2D eigenvalue weighted by atomic mass is 79.9. The molecular formula is C20H29BrN4O6. The molecule has 172 valence electrons. The first-order valence-corrected chi connectivity index (χ1v) is 10.5. The lowest BCUT2D eigenvalue weighted by Gasteiger charge is -2.28. The molecule has 2 rings (SSSR count). The maximum Gasteiger partial charge on any atom is 0.410 e. The van der Waals surface area contributed by atoms with E-state index < -0.39 is 23.3 Å². The van der Waals surface area contributed by atoms with Crippen molar-refractivity contribution >= 4 is 33.5 Å². The lowest BCUT2D eigenvalue weighted by molar-refractivity contribution is -0.156. The van der Waals surface area contributed by atoms with Gasteiger partial charge in [0.2, 0.25) is 0 Å². The van der Waals surface area contributed by atoms with Crippen LogP contribution >= 0.6 is 15.9 Å². The second kappa shape index (κ2) is 9.29. The van der Waals surface area contributed by atoms with Crippen molar-refractivity contribution in [3.8, 4) is 6.01 Å². The van der Waals surface area contributed by atoms with Crippen LogP contribution in [0.1, 0.15) is 41.5 Å². The Morgan fingerprint density at radius 3 is 2.29 bits per heavy atom. The van der Waals surface area contributed by atoms with E-state index in [1.807, 2.05) is 0 Å². The summed E-state index contributed by atoms with van der Waals surface area (Å²) in [6.07, 6.45) is 0.948. The molecule has 2 heterocycles. The van der Waals surface area contributed by atoms with Gasteiger partial charge in [-0.2, -0.15) is 0 Å². The van der Waals surface area contributed by atoms with E-state index in [2.05, 4.69) is 21.0 Å². The van der Waals surface area contributed by atoms with Gasteiger partial charge in [0.25, 0.3) is 5.56 Å². The van der Waals surface area contributed by atoms with Gasteiger partial charge < -0.3 is 14.2 Å². The van der Waals surface area contributed by atoms with E-state index in [4.69, 9.17) is 14.2 Å². The summed E-state index contributed by atoms with van der Waals surface area (Å²) in [7, 11) is 1.40. The van der Waals surface area contributed by atoms with Crippen LogP contribution in [0.15, 0.2) is 21.5 Å². The molecule has 11 heteroatoms. The second-order valence-electron chi connectivity index (χ2n) is 8.92. The molecule has 0 radical (unpaired) electrons. The predicted molar refractivity (Wildman–Crippen MR) is 117 cm³/mol. The van der Waals surface area contributed by atoms with Crippen LogP contribution in [-0.2, 0) is 20.8 Å². The summed E-state index contributed by atoms with van der Waals surface area (Å²) in [5.74, 6) is -0.582. The number of halogens is 1. The van der Waals surface area contributed by atoms with Gasteiger partial charge in [0, 0.05) is 23.8 Å². The lowest BCUT2D eigenvalue weighted by atomic mass is 10.2. The molecule has 2 aromatic rings. The first-order chi connectivity index (χ1) is 14.2. The Hall–Kier alpha value is -2.56. The van der Waals surface area contributed by atoms with Crippen LogP contribution in [0.2, 0.25) is 0 Å². The van der Waals surface area contributed by atoms with E-state index in [1.165, 1.54) is 21.1 Å². The van der Waals surface area contributed by atoms with E-state index in [9.17, 15) is 14.4 Å². The van der Waals surface area contributed by atoms with Gasteiger partial charge in [-0.15, -0.1) is 5.10 Å². The summed E-state index contributed by atoms with van der Waals surface area (Å²) in [6, 6.07) is 1.71. The number of ether oxygens (including phenoxy) is 3. The standard InChI is InChI=1S/C20H29BrN4O6/c1-19(2,3)30-15(26)12-23(18(28)31-20(4,5)6)8-9-24-16(27)14-10-13(21)11-25(14)22-17(24)29-7/h10-11H,8-9,12H2,1-7H3. The minimum Gasteiger partial charge on any atom is -0.467 e. The molecule has 0 fully saturated rings. The summed E-state index contributed by atoms with van der Waals surface area (Å²) in [5.41, 5.74) is -1.47. The molecular weight excluding hydrogens is 472 g/mol. The van der Waals surface area contributed by atoms with E-state index in [1.54, 1.807) is 53.8 Å². The molecule has 0 bridgehead atoms. The van der Waals surface area contributed by atoms with Gasteiger partial charge in [-0.1, -0.05) is 0 Å². The number of hydrogen-bond acceptors (Lipinski definition) is 7. The van der Waals surface area contributed by atoms with Gasteiger partial charge in [-0.25, -0.2) is 9.31 Å². The van der Waals surface area contributed by atoms with Crippen molar-refractivity contribution in [1.82, 2.24) is 19.1 Å². The fourth-order valence-electron chi connectivity index (χ4n) is 2.69. The van der Waals surface area contributed by atoms with E-state index in [-0.39, 0.29) is 31.2 Å². The molecule has 31 heavy (non-hydrogen) atoms. The molecule has 0 spiro atoms. The van der Waals surface area contributed by atoms with Crippen LogP contribution in [0.3, 0.4) is 0 Å². The van der Waals surface area contributed by atoms with E-state index in [0.717, 1.165) is 0 Å². The highest BCUT2D eigenvalue weighted by Gasteiger charge is 2.27. The molecule has 0 aliphatic rings. The molecule has 0 saturated carbocycles. The number of esters is 1. The minimum atomic E-state index is -0.754. The van der Waals surface area contributed by atoms with Crippen molar-refractivity contribution < 1.29 is 23.8 Å². The first-order valence-electron chi connectivity index (χ1n) is 9.72. The fourth-order valence-corrected chi connectivity index (χ4v) is 3.10. The van der Waals surface area contributed by atoms with E-state index in [0.29, 0.717) is 9.99 Å². The highest BCUT2D eigenvalue weighted by Crippen LogP contribution is 2.15. The summed E-state index contributed by atoms with van der Waals surface area (Å²) in [5, 5.41) is 4.27. The van der Waals surface area contributed by atoms with Crippen LogP contribution in [0.4, 0.5) is 4.79 Å². The Morgan fingerprint density at radius 2 is 1.74 bits per heavy atom. The Balaban J connectivity index is 2.30. The molecule has 10 nitrogen and oxygen atoms in total. The summed E-state index contributed by atoms with van der Waals surface area (Å²) in [6.45, 7) is 10.1. The van der Waals surface area contributed by atoms with Gasteiger partial charge in [0.15, 0.2) is 0 Å². The summed E-state index contributed by atoms with van der Waals surface area (Å²) >= 11 is 3.32. The molecule has 0 unspecified atom stereocenters. The van der Waals surface area contributed by atoms with Crippen molar-refractivity contribution in [1.29, 1.82) is 0 Å². The third-order valence-electron chi connectivity index (χ3n) is 3.82. The Kier molecular flexibility index (Phi) is 7.40. The maximum absolute atomic E-state index is 12.9. The molecule has 0 atom stereocenters. The van der Waals surface area contributed by atoms with Crippen LogP contribution in [0, 0.1) is 0 Å². The number of hydrogen-bond donors (Lipinski definition) is 0. The Bertz CT molecular complexity index is 1020. The highest BCUT2D eigenvalue weighted by molar-refractivity contribution is 9.10. The minimum absolute atomic E-state index is 0.00412. The average molecular weight is 501 g/mol. The van der Waals surface area contributed by atoms with Crippen molar-refractivity contribution in [3.63, 3.8) is 0 Å². The zero-order valence-electron chi connectivity index (χ0n) is 18.9. The molecule has 0 aliphatic heterocycles. The van der Waals surface area contributed by atoms with Crippen LogP contribution in [0.5, 0.6) is 6.01 Å². The van der Waals surface area contributed by atoms with Gasteiger partial charge in [-0.3, -0.25) is 19.1 Å². The number of carbonyl (C=O) groups is 2. The van der Waals surface area contributed by atoms with Crippen LogP contribution in [0.25, 0.3) is 5.52 Å². The largest absolute Gasteiger partial charge is 0.467 e. The Morgan fingerprint density at radius 1 is 1.13 bits per heavy atom. The third kappa shape index (κ3) is 6.98. The lowest BCUT2D eigenvalue weighted by Crippen LogP contribution is -2.43. The number of aromatic nitrogens is 3. The zero-order chi connectivity index (χ0) is 23.6. The number of carbonyl (C=O) groups excluding carboxylic acids is 2. The molecule has 0 N–H and O–H groups in total. The van der Waals surface area contributed by atoms with Crippen molar-refractivity contribution in [3.05, 3.63) is 27.1 Å². The van der Waals surface area contributed by atoms with Gasteiger partial charge in [0.05, 0.1) is 7.11 Å². The second-order valence-corrected chi connectivity index (χ2v) is 9.84. The van der Waals surface area contributed by atoms with Gasteiger partial charge in [-0.05, 0) is 63.5 Å². The normalized spacial score (nSPS) is 12.0.